The molecule has 0 saturated heterocycles. The molecule has 0 saturated carbocycles. The maximum absolute atomic E-state index is 4.48. The van der Waals surface area contributed by atoms with Gasteiger partial charge in [0.05, 0.1) is 36.5 Å². The van der Waals surface area contributed by atoms with Gasteiger partial charge in [-0.25, -0.2) is 9.67 Å². The second-order valence-corrected chi connectivity index (χ2v) is 5.38. The van der Waals surface area contributed by atoms with Crippen molar-refractivity contribution in [3.05, 3.63) is 72.4 Å². The number of benzene rings is 1. The maximum atomic E-state index is 4.48. The van der Waals surface area contributed by atoms with Gasteiger partial charge in [0.15, 0.2) is 0 Å². The summed E-state index contributed by atoms with van der Waals surface area (Å²) in [4.78, 5) is 4.48. The second kappa shape index (κ2) is 5.57. The summed E-state index contributed by atoms with van der Waals surface area (Å²) in [7, 11) is 0. The minimum Gasteiger partial charge on any atom is -0.379 e. The highest BCUT2D eigenvalue weighted by Gasteiger charge is 2.05. The van der Waals surface area contributed by atoms with Crippen LogP contribution in [0.15, 0.2) is 61.2 Å². The van der Waals surface area contributed by atoms with Crippen molar-refractivity contribution >= 4 is 11.3 Å². The lowest BCUT2D eigenvalue weighted by atomic mass is 10.2. The Morgan fingerprint density at radius 2 is 1.96 bits per heavy atom. The number of hydrogen-bond acceptors (Lipinski definition) is 4. The Hall–Kier alpha value is -3.15. The lowest BCUT2D eigenvalue weighted by molar-refractivity contribution is 0.803. The first kappa shape index (κ1) is 13.5. The summed E-state index contributed by atoms with van der Waals surface area (Å²) in [6.07, 6.45) is 7.45. The largest absolute Gasteiger partial charge is 0.379 e. The molecule has 0 amide bonds. The van der Waals surface area contributed by atoms with Gasteiger partial charge in [-0.2, -0.15) is 0 Å². The van der Waals surface area contributed by atoms with Crippen molar-refractivity contribution in [3.8, 4) is 5.69 Å². The first-order valence-electron chi connectivity index (χ1n) is 7.43. The standard InChI is InChI=1S/C17H16N6/c1-13-3-2-9-22-16(12-19-17(13)22)11-18-14-4-6-15(7-5-14)23-10-8-20-21-23/h2-10,12,18H,11H2,1H3. The van der Waals surface area contributed by atoms with Crippen LogP contribution in [0.25, 0.3) is 11.3 Å². The average Bonchev–Trinajstić information content (AvgIpc) is 3.24. The summed E-state index contributed by atoms with van der Waals surface area (Å²) in [6.45, 7) is 2.79. The van der Waals surface area contributed by atoms with E-state index in [1.165, 1.54) is 5.56 Å². The molecule has 1 N–H and O–H groups in total. The summed E-state index contributed by atoms with van der Waals surface area (Å²) < 4.78 is 3.85. The van der Waals surface area contributed by atoms with Crippen molar-refractivity contribution in [2.45, 2.75) is 13.5 Å². The maximum Gasteiger partial charge on any atom is 0.139 e. The highest BCUT2D eigenvalue weighted by Crippen LogP contribution is 2.15. The van der Waals surface area contributed by atoms with Gasteiger partial charge < -0.3 is 9.72 Å². The summed E-state index contributed by atoms with van der Waals surface area (Å²) >= 11 is 0. The van der Waals surface area contributed by atoms with Crippen LogP contribution >= 0.6 is 0 Å². The van der Waals surface area contributed by atoms with E-state index in [0.717, 1.165) is 22.7 Å². The molecule has 1 aromatic carbocycles. The minimum absolute atomic E-state index is 0.716. The van der Waals surface area contributed by atoms with Gasteiger partial charge in [-0.05, 0) is 42.8 Å². The van der Waals surface area contributed by atoms with Crippen molar-refractivity contribution < 1.29 is 0 Å². The minimum atomic E-state index is 0.716. The van der Waals surface area contributed by atoms with Gasteiger partial charge in [-0.1, -0.05) is 11.3 Å². The Morgan fingerprint density at radius 1 is 1.09 bits per heavy atom. The van der Waals surface area contributed by atoms with Crippen LogP contribution in [-0.4, -0.2) is 24.4 Å². The Bertz CT molecular complexity index is 922. The molecule has 23 heavy (non-hydrogen) atoms. The number of fused-ring (bicyclic) bond motifs is 1. The fourth-order valence-electron chi connectivity index (χ4n) is 2.60. The SMILES string of the molecule is Cc1cccn2c(CNc3ccc(-n4ccnn4)cc3)cnc12. The highest BCUT2D eigenvalue weighted by molar-refractivity contribution is 5.51. The number of aryl methyl sites for hydroxylation is 1. The van der Waals surface area contributed by atoms with Gasteiger partial charge in [-0.15, -0.1) is 5.10 Å². The highest BCUT2D eigenvalue weighted by atomic mass is 15.4. The van der Waals surface area contributed by atoms with Crippen molar-refractivity contribution in [3.63, 3.8) is 0 Å². The molecular weight excluding hydrogens is 288 g/mol. The predicted molar refractivity (Wildman–Crippen MR) is 88.6 cm³/mol. The lowest BCUT2D eigenvalue weighted by Gasteiger charge is -2.08. The molecule has 0 atom stereocenters. The van der Waals surface area contributed by atoms with Crippen molar-refractivity contribution in [1.29, 1.82) is 0 Å². The molecule has 0 aliphatic rings. The monoisotopic (exact) mass is 304 g/mol. The molecule has 3 aromatic heterocycles. The summed E-state index contributed by atoms with van der Waals surface area (Å²) in [5.74, 6) is 0. The van der Waals surface area contributed by atoms with Crippen LogP contribution in [0.4, 0.5) is 5.69 Å². The van der Waals surface area contributed by atoms with Crippen molar-refractivity contribution in [2.75, 3.05) is 5.32 Å². The number of nitrogens with zero attached hydrogens (tertiary/aromatic N) is 5. The summed E-state index contributed by atoms with van der Waals surface area (Å²) in [5, 5.41) is 11.2. The molecule has 4 aromatic rings. The summed E-state index contributed by atoms with van der Waals surface area (Å²) in [5.41, 5.74) is 5.35. The average molecular weight is 304 g/mol. The van der Waals surface area contributed by atoms with E-state index in [9.17, 15) is 0 Å². The van der Waals surface area contributed by atoms with Gasteiger partial charge >= 0.3 is 0 Å². The van der Waals surface area contributed by atoms with Gasteiger partial charge in [0.2, 0.25) is 0 Å². The van der Waals surface area contributed by atoms with Crippen LogP contribution in [-0.2, 0) is 6.54 Å². The molecule has 0 bridgehead atoms. The molecular formula is C17H16N6. The first-order chi connectivity index (χ1) is 11.3. The quantitative estimate of drug-likeness (QED) is 0.630. The Balaban J connectivity index is 1.51. The van der Waals surface area contributed by atoms with E-state index < -0.39 is 0 Å². The molecule has 0 unspecified atom stereocenters. The molecule has 6 heteroatoms. The first-order valence-corrected chi connectivity index (χ1v) is 7.43. The van der Waals surface area contributed by atoms with E-state index >= 15 is 0 Å². The molecule has 0 radical (unpaired) electrons. The van der Waals surface area contributed by atoms with Crippen molar-refractivity contribution in [1.82, 2.24) is 24.4 Å². The van der Waals surface area contributed by atoms with Crippen LogP contribution < -0.4 is 5.32 Å². The molecule has 4 rings (SSSR count). The molecule has 114 valence electrons. The van der Waals surface area contributed by atoms with Crippen LogP contribution in [0.2, 0.25) is 0 Å². The van der Waals surface area contributed by atoms with Crippen LogP contribution in [0.5, 0.6) is 0 Å². The fourth-order valence-corrected chi connectivity index (χ4v) is 2.60. The van der Waals surface area contributed by atoms with E-state index in [1.54, 1.807) is 10.9 Å². The van der Waals surface area contributed by atoms with Crippen LogP contribution in [0.1, 0.15) is 11.3 Å². The number of imidazole rings is 1. The zero-order chi connectivity index (χ0) is 15.6. The van der Waals surface area contributed by atoms with E-state index in [2.05, 4.69) is 38.0 Å². The molecule has 3 heterocycles. The number of anilines is 1. The molecule has 0 aliphatic heterocycles. The van der Waals surface area contributed by atoms with E-state index in [1.807, 2.05) is 48.9 Å². The molecule has 6 nitrogen and oxygen atoms in total. The summed E-state index contributed by atoms with van der Waals surface area (Å²) in [6, 6.07) is 12.2. The topological polar surface area (TPSA) is 60.0 Å². The van der Waals surface area contributed by atoms with Gasteiger partial charge in [0.1, 0.15) is 5.65 Å². The zero-order valence-corrected chi connectivity index (χ0v) is 12.7. The van der Waals surface area contributed by atoms with Gasteiger partial charge in [-0.3, -0.25) is 0 Å². The Morgan fingerprint density at radius 3 is 2.74 bits per heavy atom. The zero-order valence-electron chi connectivity index (χ0n) is 12.7. The van der Waals surface area contributed by atoms with Crippen LogP contribution in [0, 0.1) is 6.92 Å². The Kier molecular flexibility index (Phi) is 3.27. The number of pyridine rings is 1. The molecule has 0 fully saturated rings. The smallest absolute Gasteiger partial charge is 0.139 e. The van der Waals surface area contributed by atoms with E-state index in [4.69, 9.17) is 0 Å². The molecule has 0 spiro atoms. The fraction of sp³-hybridized carbons (Fsp3) is 0.118. The third kappa shape index (κ3) is 2.55. The van der Waals surface area contributed by atoms with Gasteiger partial charge in [0, 0.05) is 11.9 Å². The van der Waals surface area contributed by atoms with Gasteiger partial charge in [0.25, 0.3) is 0 Å². The predicted octanol–water partition coefficient (Wildman–Crippen LogP) is 2.84. The van der Waals surface area contributed by atoms with E-state index in [0.29, 0.717) is 6.54 Å². The number of aromatic nitrogens is 5. The molecule has 0 aliphatic carbocycles. The lowest BCUT2D eigenvalue weighted by Crippen LogP contribution is -2.03. The van der Waals surface area contributed by atoms with Crippen LogP contribution in [0.3, 0.4) is 0 Å². The van der Waals surface area contributed by atoms with Crippen molar-refractivity contribution in [2.24, 2.45) is 0 Å². The number of rotatable bonds is 4. The van der Waals surface area contributed by atoms with E-state index in [-0.39, 0.29) is 0 Å². The Labute approximate surface area is 133 Å². The normalized spacial score (nSPS) is 11.0. The third-order valence-electron chi connectivity index (χ3n) is 3.84. The third-order valence-corrected chi connectivity index (χ3v) is 3.84. The second-order valence-electron chi connectivity index (χ2n) is 5.38. The number of nitrogens with one attached hydrogen (secondary N) is 1. The number of hydrogen-bond donors (Lipinski definition) is 1.